The highest BCUT2D eigenvalue weighted by Gasteiger charge is 2.17. The van der Waals surface area contributed by atoms with Gasteiger partial charge in [0.1, 0.15) is 16.4 Å². The molecule has 0 unspecified atom stereocenters. The van der Waals surface area contributed by atoms with Crippen LogP contribution in [0.4, 0.5) is 0 Å². The van der Waals surface area contributed by atoms with Crippen molar-refractivity contribution in [3.8, 4) is 0 Å². The molecule has 0 amide bonds. The predicted molar refractivity (Wildman–Crippen MR) is 71.6 cm³/mol. The molecule has 5 nitrogen and oxygen atoms in total. The zero-order valence-corrected chi connectivity index (χ0v) is 11.7. The Labute approximate surface area is 115 Å². The molecule has 0 spiro atoms. The van der Waals surface area contributed by atoms with Crippen molar-refractivity contribution < 1.29 is 9.90 Å². The molecule has 0 aliphatic rings. The number of aromatic nitrogens is 3. The van der Waals surface area contributed by atoms with E-state index in [0.717, 1.165) is 11.4 Å². The fourth-order valence-electron chi connectivity index (χ4n) is 1.72. The molecule has 0 radical (unpaired) electrons. The van der Waals surface area contributed by atoms with E-state index in [1.54, 1.807) is 19.1 Å². The minimum Gasteiger partial charge on any atom is -0.478 e. The molecule has 1 N–H and O–H groups in total. The van der Waals surface area contributed by atoms with E-state index in [-0.39, 0.29) is 5.56 Å². The monoisotopic (exact) mass is 275 g/mol. The van der Waals surface area contributed by atoms with Crippen LogP contribution in [0.5, 0.6) is 0 Å². The molecule has 0 saturated carbocycles. The van der Waals surface area contributed by atoms with Crippen molar-refractivity contribution in [1.29, 1.82) is 0 Å². The normalized spacial score (nSPS) is 10.5. The summed E-state index contributed by atoms with van der Waals surface area (Å²) in [4.78, 5) is 23.8. The van der Waals surface area contributed by atoms with Gasteiger partial charge in [0.15, 0.2) is 0 Å². The lowest BCUT2D eigenvalue weighted by Crippen LogP contribution is -2.05. The molecule has 19 heavy (non-hydrogen) atoms. The number of aromatic carboxylic acids is 1. The van der Waals surface area contributed by atoms with Crippen molar-refractivity contribution in [3.63, 3.8) is 0 Å². The summed E-state index contributed by atoms with van der Waals surface area (Å²) in [5, 5.41) is 10.4. The second-order valence-corrected chi connectivity index (χ2v) is 5.17. The van der Waals surface area contributed by atoms with Gasteiger partial charge in [0.25, 0.3) is 0 Å². The van der Waals surface area contributed by atoms with Crippen LogP contribution in [0.3, 0.4) is 0 Å². The van der Waals surface area contributed by atoms with Crippen LogP contribution in [0.1, 0.15) is 27.3 Å². The molecule has 6 heteroatoms. The van der Waals surface area contributed by atoms with E-state index in [1.165, 1.54) is 18.1 Å². The van der Waals surface area contributed by atoms with E-state index < -0.39 is 5.97 Å². The van der Waals surface area contributed by atoms with E-state index in [4.69, 9.17) is 0 Å². The number of hydrogen-bond acceptors (Lipinski definition) is 5. The highest BCUT2D eigenvalue weighted by molar-refractivity contribution is 7.99. The van der Waals surface area contributed by atoms with Crippen LogP contribution in [0.25, 0.3) is 0 Å². The van der Waals surface area contributed by atoms with Crippen molar-refractivity contribution >= 4 is 17.7 Å². The average molecular weight is 275 g/mol. The van der Waals surface area contributed by atoms with Crippen molar-refractivity contribution in [1.82, 2.24) is 15.0 Å². The van der Waals surface area contributed by atoms with Crippen LogP contribution in [0, 0.1) is 20.8 Å². The summed E-state index contributed by atoms with van der Waals surface area (Å²) in [5.74, 6) is -0.974. The van der Waals surface area contributed by atoms with Gasteiger partial charge in [-0.2, -0.15) is 0 Å². The van der Waals surface area contributed by atoms with E-state index in [9.17, 15) is 9.90 Å². The molecule has 2 heterocycles. The first-order valence-electron chi connectivity index (χ1n) is 5.65. The molecule has 0 bridgehead atoms. The molecule has 98 valence electrons. The Kier molecular flexibility index (Phi) is 3.80. The SMILES string of the molecule is Cc1cc(Sc2nc(C)cc(C)c2C(=O)O)ncn1. The second kappa shape index (κ2) is 5.36. The highest BCUT2D eigenvalue weighted by atomic mass is 32.2. The van der Waals surface area contributed by atoms with E-state index in [1.807, 2.05) is 13.8 Å². The van der Waals surface area contributed by atoms with Gasteiger partial charge in [-0.25, -0.2) is 19.7 Å². The number of nitrogens with zero attached hydrogens (tertiary/aromatic N) is 3. The van der Waals surface area contributed by atoms with Gasteiger partial charge in [-0.1, -0.05) is 0 Å². The Morgan fingerprint density at radius 1 is 1.16 bits per heavy atom. The molecule has 2 rings (SSSR count). The summed E-state index contributed by atoms with van der Waals surface area (Å²) in [6, 6.07) is 3.56. The van der Waals surface area contributed by atoms with Crippen LogP contribution < -0.4 is 0 Å². The van der Waals surface area contributed by atoms with Gasteiger partial charge in [0.05, 0.1) is 5.56 Å². The van der Waals surface area contributed by atoms with Crippen molar-refractivity contribution in [2.75, 3.05) is 0 Å². The van der Waals surface area contributed by atoms with Gasteiger partial charge in [-0.3, -0.25) is 0 Å². The first-order valence-corrected chi connectivity index (χ1v) is 6.47. The third-order valence-electron chi connectivity index (χ3n) is 2.51. The van der Waals surface area contributed by atoms with Gasteiger partial charge >= 0.3 is 5.97 Å². The molecule has 0 aromatic carbocycles. The molecule has 2 aromatic heterocycles. The van der Waals surface area contributed by atoms with Crippen molar-refractivity contribution in [2.45, 2.75) is 30.8 Å². The van der Waals surface area contributed by atoms with E-state index in [0.29, 0.717) is 15.6 Å². The summed E-state index contributed by atoms with van der Waals surface area (Å²) >= 11 is 1.24. The third-order valence-corrected chi connectivity index (χ3v) is 3.43. The van der Waals surface area contributed by atoms with Crippen molar-refractivity contribution in [3.05, 3.63) is 41.0 Å². The van der Waals surface area contributed by atoms with E-state index >= 15 is 0 Å². The maximum Gasteiger partial charge on any atom is 0.338 e. The maximum absolute atomic E-state index is 11.3. The Morgan fingerprint density at radius 2 is 1.89 bits per heavy atom. The zero-order valence-electron chi connectivity index (χ0n) is 10.8. The standard InChI is InChI=1S/C13H13N3O2S/c1-7-4-9(3)16-12(11(7)13(17)18)19-10-5-8(2)14-6-15-10/h4-6H,1-3H3,(H,17,18). The Morgan fingerprint density at radius 3 is 2.53 bits per heavy atom. The molecule has 0 aliphatic carbocycles. The van der Waals surface area contributed by atoms with Gasteiger partial charge in [-0.05, 0) is 50.2 Å². The molecular formula is C13H13N3O2S. The molecule has 0 aliphatic heterocycles. The van der Waals surface area contributed by atoms with Crippen molar-refractivity contribution in [2.24, 2.45) is 0 Å². The molecule has 2 aromatic rings. The lowest BCUT2D eigenvalue weighted by atomic mass is 10.1. The summed E-state index contributed by atoms with van der Waals surface area (Å²) in [5.41, 5.74) is 2.55. The lowest BCUT2D eigenvalue weighted by Gasteiger charge is -2.08. The number of carboxylic acid groups (broad SMARTS) is 1. The number of rotatable bonds is 3. The van der Waals surface area contributed by atoms with Gasteiger partial charge < -0.3 is 5.11 Å². The summed E-state index contributed by atoms with van der Waals surface area (Å²) in [6.07, 6.45) is 1.46. The topological polar surface area (TPSA) is 76.0 Å². The fourth-order valence-corrected chi connectivity index (χ4v) is 2.79. The highest BCUT2D eigenvalue weighted by Crippen LogP contribution is 2.29. The molecule has 0 saturated heterocycles. The molecule has 0 atom stereocenters. The Bertz CT molecular complexity index is 644. The van der Waals surface area contributed by atoms with Crippen LogP contribution in [-0.2, 0) is 0 Å². The van der Waals surface area contributed by atoms with Gasteiger partial charge in [-0.15, -0.1) is 0 Å². The second-order valence-electron chi connectivity index (χ2n) is 4.17. The fraction of sp³-hybridized carbons (Fsp3) is 0.231. The minimum atomic E-state index is -0.974. The number of carboxylic acids is 1. The molecular weight excluding hydrogens is 262 g/mol. The third kappa shape index (κ3) is 3.08. The summed E-state index contributed by atoms with van der Waals surface area (Å²) in [6.45, 7) is 5.47. The smallest absolute Gasteiger partial charge is 0.338 e. The summed E-state index contributed by atoms with van der Waals surface area (Å²) in [7, 11) is 0. The lowest BCUT2D eigenvalue weighted by molar-refractivity contribution is 0.0691. The minimum absolute atomic E-state index is 0.229. The van der Waals surface area contributed by atoms with Gasteiger partial charge in [0, 0.05) is 11.4 Å². The first-order chi connectivity index (χ1) is 8.97. The largest absolute Gasteiger partial charge is 0.478 e. The quantitative estimate of drug-likeness (QED) is 0.868. The van der Waals surface area contributed by atoms with Crippen LogP contribution in [-0.4, -0.2) is 26.0 Å². The predicted octanol–water partition coefficient (Wildman–Crippen LogP) is 2.65. The Hall–Kier alpha value is -1.95. The maximum atomic E-state index is 11.3. The van der Waals surface area contributed by atoms with Crippen LogP contribution >= 0.6 is 11.8 Å². The number of aryl methyl sites for hydroxylation is 3. The van der Waals surface area contributed by atoms with E-state index in [2.05, 4.69) is 15.0 Å². The van der Waals surface area contributed by atoms with Crippen LogP contribution in [0.15, 0.2) is 28.5 Å². The number of carbonyl (C=O) groups is 1. The number of hydrogen-bond donors (Lipinski definition) is 1. The van der Waals surface area contributed by atoms with Crippen LogP contribution in [0.2, 0.25) is 0 Å². The molecule has 0 fully saturated rings. The van der Waals surface area contributed by atoms with Gasteiger partial charge in [0.2, 0.25) is 0 Å². The summed E-state index contributed by atoms with van der Waals surface area (Å²) < 4.78 is 0. The Balaban J connectivity index is 2.47. The number of pyridine rings is 1. The zero-order chi connectivity index (χ0) is 14.0. The average Bonchev–Trinajstić information content (AvgIpc) is 2.26. The first kappa shape index (κ1) is 13.5.